The molecule has 1 aliphatic heterocycles. The van der Waals surface area contributed by atoms with Crippen molar-refractivity contribution in [3.8, 4) is 0 Å². The second kappa shape index (κ2) is 8.31. The minimum Gasteiger partial charge on any atom is -0.312 e. The van der Waals surface area contributed by atoms with Gasteiger partial charge in [-0.25, -0.2) is 13.1 Å². The zero-order chi connectivity index (χ0) is 20.5. The van der Waals surface area contributed by atoms with Crippen molar-refractivity contribution in [1.82, 2.24) is 24.4 Å². The molecule has 0 saturated carbocycles. The molecule has 0 spiro atoms. The van der Waals surface area contributed by atoms with Gasteiger partial charge in [0.15, 0.2) is 5.82 Å². The molecule has 0 bridgehead atoms. The van der Waals surface area contributed by atoms with E-state index < -0.39 is 10.0 Å². The molecule has 0 fully saturated rings. The van der Waals surface area contributed by atoms with Crippen molar-refractivity contribution in [2.24, 2.45) is 5.92 Å². The largest absolute Gasteiger partial charge is 0.312 e. The summed E-state index contributed by atoms with van der Waals surface area (Å²) in [5, 5.41) is 8.71. The Morgan fingerprint density at radius 2 is 1.86 bits per heavy atom. The molecule has 1 aliphatic rings. The Hall–Kier alpha value is -1.77. The summed E-state index contributed by atoms with van der Waals surface area (Å²) in [6.07, 6.45) is 1.99. The number of aryl methyl sites for hydroxylation is 2. The number of aromatic nitrogens is 3. The van der Waals surface area contributed by atoms with Gasteiger partial charge in [0.2, 0.25) is 10.0 Å². The first-order valence-electron chi connectivity index (χ1n) is 9.82. The Bertz CT molecular complexity index is 936. The lowest BCUT2D eigenvalue weighted by Crippen LogP contribution is -2.33. The Morgan fingerprint density at radius 1 is 1.11 bits per heavy atom. The first-order valence-corrected chi connectivity index (χ1v) is 11.7. The number of nitrogens with zero attached hydrogens (tertiary/aromatic N) is 4. The van der Waals surface area contributed by atoms with Gasteiger partial charge in [-0.3, -0.25) is 4.90 Å². The second-order valence-electron chi connectivity index (χ2n) is 8.18. The molecule has 1 unspecified atom stereocenters. The van der Waals surface area contributed by atoms with Crippen molar-refractivity contribution in [3.63, 3.8) is 0 Å². The third kappa shape index (κ3) is 4.98. The van der Waals surface area contributed by atoms with Crippen LogP contribution in [0.3, 0.4) is 0 Å². The lowest BCUT2D eigenvalue weighted by molar-refractivity contribution is 0.269. The van der Waals surface area contributed by atoms with Crippen molar-refractivity contribution >= 4 is 10.0 Å². The summed E-state index contributed by atoms with van der Waals surface area (Å²) in [5.74, 6) is 1.72. The number of hydrogen-bond acceptors (Lipinski definition) is 5. The van der Waals surface area contributed by atoms with Gasteiger partial charge in [-0.15, -0.1) is 10.2 Å². The molecule has 7 nitrogen and oxygen atoms in total. The van der Waals surface area contributed by atoms with E-state index in [1.807, 2.05) is 13.8 Å². The maximum Gasteiger partial charge on any atom is 0.209 e. The zero-order valence-electron chi connectivity index (χ0n) is 17.4. The summed E-state index contributed by atoms with van der Waals surface area (Å²) >= 11 is 0. The van der Waals surface area contributed by atoms with Crippen LogP contribution < -0.4 is 4.72 Å². The van der Waals surface area contributed by atoms with Crippen LogP contribution >= 0.6 is 0 Å². The normalized spacial score (nSPS) is 16.8. The number of fused-ring (bicyclic) bond motifs is 1. The van der Waals surface area contributed by atoms with Gasteiger partial charge in [-0.2, -0.15) is 0 Å². The molecule has 1 atom stereocenters. The van der Waals surface area contributed by atoms with E-state index in [1.54, 1.807) is 0 Å². The topological polar surface area (TPSA) is 80.1 Å². The van der Waals surface area contributed by atoms with Crippen LogP contribution in [-0.4, -0.2) is 47.4 Å². The fraction of sp³-hybridized carbons (Fsp3) is 0.600. The van der Waals surface area contributed by atoms with Crippen molar-refractivity contribution in [2.45, 2.75) is 53.2 Å². The highest BCUT2D eigenvalue weighted by Gasteiger charge is 2.28. The lowest BCUT2D eigenvalue weighted by atomic mass is 10.0. The van der Waals surface area contributed by atoms with Gasteiger partial charge in [0.1, 0.15) is 5.82 Å². The van der Waals surface area contributed by atoms with Crippen LogP contribution in [0, 0.1) is 19.8 Å². The molecule has 2 aromatic rings. The number of hydrogen-bond donors (Lipinski definition) is 1. The van der Waals surface area contributed by atoms with Gasteiger partial charge in [0.05, 0.1) is 12.3 Å². The molecule has 3 rings (SSSR count). The molecule has 2 heterocycles. The fourth-order valence-electron chi connectivity index (χ4n) is 3.65. The van der Waals surface area contributed by atoms with Crippen LogP contribution in [0.25, 0.3) is 0 Å². The molecule has 1 aromatic heterocycles. The highest BCUT2D eigenvalue weighted by molar-refractivity contribution is 7.88. The number of sulfonamides is 1. The third-order valence-corrected chi connectivity index (χ3v) is 6.09. The molecule has 0 saturated heterocycles. The number of benzene rings is 1. The number of nitrogens with one attached hydrogen (secondary N) is 1. The molecule has 0 amide bonds. The predicted octanol–water partition coefficient (Wildman–Crippen LogP) is 2.20. The van der Waals surface area contributed by atoms with E-state index in [0.717, 1.165) is 38.4 Å². The maximum atomic E-state index is 11.8. The molecular weight excluding hydrogens is 374 g/mol. The van der Waals surface area contributed by atoms with Crippen molar-refractivity contribution in [3.05, 3.63) is 46.5 Å². The minimum atomic E-state index is -3.33. The maximum absolute atomic E-state index is 11.8. The van der Waals surface area contributed by atoms with Crippen molar-refractivity contribution < 1.29 is 8.42 Å². The second-order valence-corrected chi connectivity index (χ2v) is 9.96. The predicted molar refractivity (Wildman–Crippen MR) is 110 cm³/mol. The van der Waals surface area contributed by atoms with Gasteiger partial charge in [0, 0.05) is 32.6 Å². The molecule has 1 aromatic carbocycles. The summed E-state index contributed by atoms with van der Waals surface area (Å²) in [6, 6.07) is 6.27. The van der Waals surface area contributed by atoms with Crippen molar-refractivity contribution in [1.29, 1.82) is 0 Å². The van der Waals surface area contributed by atoms with E-state index >= 15 is 0 Å². The highest BCUT2D eigenvalue weighted by Crippen LogP contribution is 2.23. The van der Waals surface area contributed by atoms with Crippen molar-refractivity contribution in [2.75, 3.05) is 19.3 Å². The first-order chi connectivity index (χ1) is 13.1. The molecular formula is C20H31N5O2S. The fourth-order valence-corrected chi connectivity index (χ4v) is 4.49. The summed E-state index contributed by atoms with van der Waals surface area (Å²) < 4.78 is 28.4. The monoisotopic (exact) mass is 405 g/mol. The molecule has 154 valence electrons. The standard InChI is InChI=1S/C20H31N5O2S/c1-14(2)19(23-28(5,26)27)20-22-21-18-8-9-24(10-11-25(18)20)13-17-7-6-15(3)16(4)12-17/h6-7,12,14,19,23H,8-11,13H2,1-5H3. The summed E-state index contributed by atoms with van der Waals surface area (Å²) in [6.45, 7) is 11.7. The molecule has 0 aliphatic carbocycles. The minimum absolute atomic E-state index is 0.0814. The van der Waals surface area contributed by atoms with Gasteiger partial charge < -0.3 is 4.57 Å². The molecule has 28 heavy (non-hydrogen) atoms. The van der Waals surface area contributed by atoms with Crippen LogP contribution in [0.1, 0.15) is 48.2 Å². The average Bonchev–Trinajstić information content (AvgIpc) is 2.89. The van der Waals surface area contributed by atoms with E-state index in [1.165, 1.54) is 22.9 Å². The number of rotatable bonds is 6. The third-order valence-electron chi connectivity index (χ3n) is 5.41. The molecule has 8 heteroatoms. The lowest BCUT2D eigenvalue weighted by Gasteiger charge is -2.22. The van der Waals surface area contributed by atoms with Gasteiger partial charge in [-0.05, 0) is 36.5 Å². The Labute approximate surface area is 168 Å². The Balaban J connectivity index is 1.76. The van der Waals surface area contributed by atoms with E-state index in [9.17, 15) is 8.42 Å². The van der Waals surface area contributed by atoms with Crippen LogP contribution in [0.2, 0.25) is 0 Å². The SMILES string of the molecule is Cc1ccc(CN2CCc3nnc(C(NS(C)(=O)=O)C(C)C)n3CC2)cc1C. The summed E-state index contributed by atoms with van der Waals surface area (Å²) in [4.78, 5) is 2.43. The first kappa shape index (κ1) is 21.0. The summed E-state index contributed by atoms with van der Waals surface area (Å²) in [7, 11) is -3.33. The average molecular weight is 406 g/mol. The summed E-state index contributed by atoms with van der Waals surface area (Å²) in [5.41, 5.74) is 3.95. The van der Waals surface area contributed by atoms with Gasteiger partial charge >= 0.3 is 0 Å². The smallest absolute Gasteiger partial charge is 0.209 e. The molecule has 0 radical (unpaired) electrons. The highest BCUT2D eigenvalue weighted by atomic mass is 32.2. The quantitative estimate of drug-likeness (QED) is 0.797. The van der Waals surface area contributed by atoms with Crippen LogP contribution in [-0.2, 0) is 29.5 Å². The van der Waals surface area contributed by atoms with Crippen LogP contribution in [0.15, 0.2) is 18.2 Å². The van der Waals surface area contributed by atoms with E-state index in [-0.39, 0.29) is 12.0 Å². The van der Waals surface area contributed by atoms with E-state index in [2.05, 4.69) is 56.4 Å². The van der Waals surface area contributed by atoms with E-state index in [0.29, 0.717) is 5.82 Å². The van der Waals surface area contributed by atoms with Gasteiger partial charge in [-0.1, -0.05) is 32.0 Å². The van der Waals surface area contributed by atoms with Crippen LogP contribution in [0.4, 0.5) is 0 Å². The zero-order valence-corrected chi connectivity index (χ0v) is 18.3. The van der Waals surface area contributed by atoms with Crippen LogP contribution in [0.5, 0.6) is 0 Å². The van der Waals surface area contributed by atoms with E-state index in [4.69, 9.17) is 0 Å². The molecule has 1 N–H and O–H groups in total. The Kier molecular flexibility index (Phi) is 6.21. The Morgan fingerprint density at radius 3 is 2.50 bits per heavy atom. The van der Waals surface area contributed by atoms with Gasteiger partial charge in [0.25, 0.3) is 0 Å².